The summed E-state index contributed by atoms with van der Waals surface area (Å²) in [5.41, 5.74) is 2.15. The topological polar surface area (TPSA) is 18.5 Å². The molecule has 0 fully saturated rings. The lowest BCUT2D eigenvalue weighted by molar-refractivity contribution is 0.330. The van der Waals surface area contributed by atoms with Crippen LogP contribution in [0.2, 0.25) is 0 Å². The first kappa shape index (κ1) is 13.1. The largest absolute Gasteiger partial charge is 0.474 e. The minimum absolute atomic E-state index is 0.0664. The maximum absolute atomic E-state index is 5.60. The Bertz CT molecular complexity index is 500. The average molecular weight is 283 g/mol. The van der Waals surface area contributed by atoms with E-state index in [2.05, 4.69) is 0 Å². The Labute approximate surface area is 116 Å². The van der Waals surface area contributed by atoms with Crippen molar-refractivity contribution in [2.45, 2.75) is 0 Å². The molecular formula is C14H12Cl2O2. The summed E-state index contributed by atoms with van der Waals surface area (Å²) in [6, 6.07) is 15.8. The molecule has 0 saturated heterocycles. The molecule has 0 amide bonds. The van der Waals surface area contributed by atoms with Gasteiger partial charge in [0.15, 0.2) is 23.6 Å². The third kappa shape index (κ3) is 3.09. The maximum Gasteiger partial charge on any atom is 0.163 e. The van der Waals surface area contributed by atoms with Crippen LogP contribution in [0.3, 0.4) is 0 Å². The maximum atomic E-state index is 5.60. The first-order valence-electron chi connectivity index (χ1n) is 5.42. The second kappa shape index (κ2) is 6.53. The Balaban J connectivity index is 2.36. The van der Waals surface area contributed by atoms with Gasteiger partial charge in [-0.1, -0.05) is 59.6 Å². The monoisotopic (exact) mass is 282 g/mol. The molecule has 0 bridgehead atoms. The lowest BCUT2D eigenvalue weighted by Crippen LogP contribution is -1.96. The van der Waals surface area contributed by atoms with Crippen molar-refractivity contribution in [3.63, 3.8) is 0 Å². The van der Waals surface area contributed by atoms with Crippen LogP contribution in [-0.4, -0.2) is 12.1 Å². The normalized spacial score (nSPS) is 10.1. The van der Waals surface area contributed by atoms with Gasteiger partial charge in [0.05, 0.1) is 0 Å². The van der Waals surface area contributed by atoms with Crippen LogP contribution in [-0.2, 0) is 0 Å². The highest BCUT2D eigenvalue weighted by Crippen LogP contribution is 2.33. The molecule has 4 heteroatoms. The second-order valence-corrected chi connectivity index (χ2v) is 3.97. The van der Waals surface area contributed by atoms with Crippen molar-refractivity contribution in [2.24, 2.45) is 0 Å². The zero-order valence-corrected chi connectivity index (χ0v) is 11.1. The minimum Gasteiger partial charge on any atom is -0.474 e. The van der Waals surface area contributed by atoms with E-state index in [4.69, 9.17) is 32.7 Å². The lowest BCUT2D eigenvalue weighted by atomic mass is 10.1. The van der Waals surface area contributed by atoms with Gasteiger partial charge in [-0.25, -0.2) is 0 Å². The predicted molar refractivity (Wildman–Crippen MR) is 74.6 cm³/mol. The van der Waals surface area contributed by atoms with Gasteiger partial charge in [-0.15, -0.1) is 0 Å². The molecular weight excluding hydrogens is 271 g/mol. The summed E-state index contributed by atoms with van der Waals surface area (Å²) in [5, 5.41) is 0. The fourth-order valence-electron chi connectivity index (χ4n) is 1.67. The zero-order valence-electron chi connectivity index (χ0n) is 9.61. The van der Waals surface area contributed by atoms with Gasteiger partial charge < -0.3 is 9.47 Å². The molecule has 0 unspecified atom stereocenters. The van der Waals surface area contributed by atoms with Crippen LogP contribution in [0.5, 0.6) is 11.5 Å². The molecule has 2 aromatic carbocycles. The quantitative estimate of drug-likeness (QED) is 0.752. The minimum atomic E-state index is 0.0664. The molecule has 94 valence electrons. The van der Waals surface area contributed by atoms with Crippen LogP contribution in [0.15, 0.2) is 48.5 Å². The standard InChI is InChI=1S/C14H12Cl2O2/c15-9-17-13-7-6-12(8-14(13)18-10-16)11-4-2-1-3-5-11/h1-8H,9-10H2. The SMILES string of the molecule is ClCOc1ccc(-c2ccccc2)cc1OCCl. The van der Waals surface area contributed by atoms with Gasteiger partial charge in [-0.2, -0.15) is 0 Å². The number of ether oxygens (including phenoxy) is 2. The van der Waals surface area contributed by atoms with Crippen LogP contribution in [0.1, 0.15) is 0 Å². The molecule has 0 N–H and O–H groups in total. The fourth-order valence-corrected chi connectivity index (χ4v) is 1.90. The van der Waals surface area contributed by atoms with Crippen molar-refractivity contribution in [1.29, 1.82) is 0 Å². The molecule has 2 aromatic rings. The van der Waals surface area contributed by atoms with Gasteiger partial charge in [0.1, 0.15) is 0 Å². The number of hydrogen-bond acceptors (Lipinski definition) is 2. The van der Waals surface area contributed by atoms with Crippen LogP contribution >= 0.6 is 23.2 Å². The molecule has 0 spiro atoms. The van der Waals surface area contributed by atoms with Gasteiger partial charge in [-0.3, -0.25) is 0 Å². The predicted octanol–water partition coefficient (Wildman–Crippen LogP) is 4.50. The van der Waals surface area contributed by atoms with Crippen LogP contribution in [0.4, 0.5) is 0 Å². The molecule has 0 radical (unpaired) electrons. The summed E-state index contributed by atoms with van der Waals surface area (Å²) in [7, 11) is 0. The third-order valence-corrected chi connectivity index (χ3v) is 2.69. The number of hydrogen-bond donors (Lipinski definition) is 0. The van der Waals surface area contributed by atoms with Gasteiger partial charge in [0.2, 0.25) is 0 Å². The summed E-state index contributed by atoms with van der Waals surface area (Å²) in [6.07, 6.45) is 0. The molecule has 0 aliphatic carbocycles. The highest BCUT2D eigenvalue weighted by atomic mass is 35.5. The molecule has 0 heterocycles. The van der Waals surface area contributed by atoms with E-state index < -0.39 is 0 Å². The summed E-state index contributed by atoms with van der Waals surface area (Å²) in [5.74, 6) is 1.18. The highest BCUT2D eigenvalue weighted by Gasteiger charge is 2.07. The summed E-state index contributed by atoms with van der Waals surface area (Å²) in [4.78, 5) is 0. The molecule has 0 aromatic heterocycles. The van der Waals surface area contributed by atoms with Crippen molar-refractivity contribution in [3.05, 3.63) is 48.5 Å². The van der Waals surface area contributed by atoms with Crippen molar-refractivity contribution in [1.82, 2.24) is 0 Å². The van der Waals surface area contributed by atoms with Crippen molar-refractivity contribution >= 4 is 23.2 Å². The number of benzene rings is 2. The van der Waals surface area contributed by atoms with Crippen LogP contribution < -0.4 is 9.47 Å². The molecule has 0 aliphatic heterocycles. The number of alkyl halides is 2. The zero-order chi connectivity index (χ0) is 12.8. The molecule has 0 atom stereocenters. The molecule has 0 saturated carbocycles. The highest BCUT2D eigenvalue weighted by molar-refractivity contribution is 6.17. The van der Waals surface area contributed by atoms with E-state index in [-0.39, 0.29) is 12.1 Å². The Morgan fingerprint density at radius 1 is 0.722 bits per heavy atom. The third-order valence-electron chi connectivity index (χ3n) is 2.47. The Morgan fingerprint density at radius 3 is 2.06 bits per heavy atom. The van der Waals surface area contributed by atoms with E-state index in [1.165, 1.54) is 0 Å². The smallest absolute Gasteiger partial charge is 0.163 e. The Kier molecular flexibility index (Phi) is 4.73. The van der Waals surface area contributed by atoms with Crippen LogP contribution in [0, 0.1) is 0 Å². The molecule has 2 nitrogen and oxygen atoms in total. The Morgan fingerprint density at radius 2 is 1.39 bits per heavy atom. The van der Waals surface area contributed by atoms with E-state index in [1.54, 1.807) is 0 Å². The van der Waals surface area contributed by atoms with Gasteiger partial charge in [-0.05, 0) is 23.3 Å². The van der Waals surface area contributed by atoms with Gasteiger partial charge in [0.25, 0.3) is 0 Å². The average Bonchev–Trinajstić information content (AvgIpc) is 2.42. The van der Waals surface area contributed by atoms with E-state index in [1.807, 2.05) is 48.5 Å². The lowest BCUT2D eigenvalue weighted by Gasteiger charge is -2.11. The van der Waals surface area contributed by atoms with E-state index >= 15 is 0 Å². The summed E-state index contributed by atoms with van der Waals surface area (Å²) >= 11 is 11.1. The summed E-state index contributed by atoms with van der Waals surface area (Å²) < 4.78 is 10.6. The van der Waals surface area contributed by atoms with E-state index in [0.29, 0.717) is 11.5 Å². The van der Waals surface area contributed by atoms with Crippen molar-refractivity contribution in [3.8, 4) is 22.6 Å². The van der Waals surface area contributed by atoms with E-state index in [0.717, 1.165) is 11.1 Å². The molecule has 0 aliphatic rings. The van der Waals surface area contributed by atoms with Gasteiger partial charge in [0, 0.05) is 0 Å². The van der Waals surface area contributed by atoms with Crippen LogP contribution in [0.25, 0.3) is 11.1 Å². The van der Waals surface area contributed by atoms with Crippen molar-refractivity contribution < 1.29 is 9.47 Å². The molecule has 18 heavy (non-hydrogen) atoms. The summed E-state index contributed by atoms with van der Waals surface area (Å²) in [6.45, 7) is 0. The fraction of sp³-hybridized carbons (Fsp3) is 0.143. The van der Waals surface area contributed by atoms with E-state index in [9.17, 15) is 0 Å². The molecule has 2 rings (SSSR count). The number of rotatable bonds is 5. The first-order valence-corrected chi connectivity index (χ1v) is 6.49. The first-order chi connectivity index (χ1) is 8.85. The van der Waals surface area contributed by atoms with Gasteiger partial charge >= 0.3 is 0 Å². The second-order valence-electron chi connectivity index (χ2n) is 3.53. The number of halogens is 2. The van der Waals surface area contributed by atoms with Crippen molar-refractivity contribution in [2.75, 3.05) is 12.1 Å². The Hall–Kier alpha value is -1.38.